The first-order valence-corrected chi connectivity index (χ1v) is 7.87. The van der Waals surface area contributed by atoms with Crippen molar-refractivity contribution in [3.05, 3.63) is 59.9 Å². The molecule has 0 atom stereocenters. The van der Waals surface area contributed by atoms with Gasteiger partial charge in [0.1, 0.15) is 11.5 Å². The molecule has 0 aliphatic heterocycles. The minimum atomic E-state index is -0.963. The lowest BCUT2D eigenvalue weighted by Gasteiger charge is -2.03. The predicted octanol–water partition coefficient (Wildman–Crippen LogP) is 1.49. The number of carboxylic acid groups (broad SMARTS) is 1. The average molecular weight is 351 g/mol. The van der Waals surface area contributed by atoms with Crippen LogP contribution in [0.1, 0.15) is 22.3 Å². The molecular weight excluding hydrogens is 334 g/mol. The van der Waals surface area contributed by atoms with Crippen LogP contribution in [0, 0.1) is 5.41 Å². The van der Waals surface area contributed by atoms with Crippen molar-refractivity contribution in [2.24, 2.45) is 5.73 Å². The summed E-state index contributed by atoms with van der Waals surface area (Å²) in [7, 11) is 0. The molecule has 8 heteroatoms. The van der Waals surface area contributed by atoms with Gasteiger partial charge in [0.2, 0.25) is 0 Å². The van der Waals surface area contributed by atoms with Gasteiger partial charge in [-0.25, -0.2) is 4.98 Å². The Balaban J connectivity index is 1.81. The summed E-state index contributed by atoms with van der Waals surface area (Å²) in [6.45, 7) is 0.0710. The first-order chi connectivity index (χ1) is 12.4. The van der Waals surface area contributed by atoms with Crippen LogP contribution in [0.4, 0.5) is 0 Å². The summed E-state index contributed by atoms with van der Waals surface area (Å²) in [5.74, 6) is -1.30. The van der Waals surface area contributed by atoms with Crippen LogP contribution in [-0.2, 0) is 4.79 Å². The number of fused-ring (bicyclic) bond motifs is 1. The molecule has 132 valence electrons. The Morgan fingerprint density at radius 2 is 1.92 bits per heavy atom. The molecule has 3 rings (SSSR count). The molecule has 0 fully saturated rings. The van der Waals surface area contributed by atoms with Gasteiger partial charge in [-0.2, -0.15) is 0 Å². The number of aliphatic carboxylic acids is 1. The van der Waals surface area contributed by atoms with Gasteiger partial charge >= 0.3 is 5.97 Å². The van der Waals surface area contributed by atoms with E-state index in [-0.39, 0.29) is 24.7 Å². The van der Waals surface area contributed by atoms with Crippen LogP contribution in [0.25, 0.3) is 16.9 Å². The zero-order chi connectivity index (χ0) is 18.7. The van der Waals surface area contributed by atoms with Crippen molar-refractivity contribution < 1.29 is 14.7 Å². The molecule has 5 N–H and O–H groups in total. The first kappa shape index (κ1) is 17.2. The molecule has 2 heterocycles. The monoisotopic (exact) mass is 351 g/mol. The molecular formula is C18H17N5O3. The number of carbonyl (C=O) groups excluding carboxylic acids is 1. The normalized spacial score (nSPS) is 10.6. The molecule has 0 radical (unpaired) electrons. The second-order valence-corrected chi connectivity index (χ2v) is 5.70. The number of carboxylic acids is 1. The third-order valence-electron chi connectivity index (χ3n) is 3.84. The lowest BCUT2D eigenvalue weighted by molar-refractivity contribution is -0.136. The Morgan fingerprint density at radius 1 is 1.19 bits per heavy atom. The van der Waals surface area contributed by atoms with Crippen molar-refractivity contribution in [2.45, 2.75) is 6.42 Å². The number of nitrogens with one attached hydrogen (secondary N) is 2. The van der Waals surface area contributed by atoms with Crippen molar-refractivity contribution in [1.82, 2.24) is 14.7 Å². The summed E-state index contributed by atoms with van der Waals surface area (Å²) >= 11 is 0. The number of nitrogens with two attached hydrogens (primary N) is 1. The Morgan fingerprint density at radius 3 is 2.58 bits per heavy atom. The summed E-state index contributed by atoms with van der Waals surface area (Å²) in [6.07, 6.45) is 3.43. The van der Waals surface area contributed by atoms with Crippen LogP contribution in [0.2, 0.25) is 0 Å². The zero-order valence-corrected chi connectivity index (χ0v) is 13.8. The fourth-order valence-corrected chi connectivity index (χ4v) is 2.47. The number of imidazole rings is 1. The molecule has 0 unspecified atom stereocenters. The molecule has 2 aromatic heterocycles. The van der Waals surface area contributed by atoms with Crippen LogP contribution < -0.4 is 11.1 Å². The number of benzene rings is 1. The van der Waals surface area contributed by atoms with E-state index in [1.165, 1.54) is 0 Å². The first-order valence-electron chi connectivity index (χ1n) is 7.87. The van der Waals surface area contributed by atoms with E-state index in [2.05, 4.69) is 10.3 Å². The minimum absolute atomic E-state index is 0.00473. The van der Waals surface area contributed by atoms with Crippen molar-refractivity contribution in [1.29, 1.82) is 5.41 Å². The van der Waals surface area contributed by atoms with E-state index >= 15 is 0 Å². The van der Waals surface area contributed by atoms with Crippen LogP contribution >= 0.6 is 0 Å². The highest BCUT2D eigenvalue weighted by Gasteiger charge is 2.10. The number of amides is 1. The van der Waals surface area contributed by atoms with E-state index in [0.717, 1.165) is 11.3 Å². The molecule has 8 nitrogen and oxygen atoms in total. The molecule has 26 heavy (non-hydrogen) atoms. The number of hydrogen-bond donors (Lipinski definition) is 4. The summed E-state index contributed by atoms with van der Waals surface area (Å²) in [5, 5.41) is 18.6. The molecule has 0 aliphatic carbocycles. The maximum atomic E-state index is 12.1. The van der Waals surface area contributed by atoms with Gasteiger partial charge < -0.3 is 20.6 Å². The lowest BCUT2D eigenvalue weighted by atomic mass is 10.1. The summed E-state index contributed by atoms with van der Waals surface area (Å²) in [6, 6.07) is 10.5. The van der Waals surface area contributed by atoms with Gasteiger partial charge in [0.05, 0.1) is 12.1 Å². The van der Waals surface area contributed by atoms with E-state index in [1.807, 2.05) is 18.3 Å². The molecule has 0 bridgehead atoms. The van der Waals surface area contributed by atoms with Crippen molar-refractivity contribution in [3.8, 4) is 11.3 Å². The van der Waals surface area contributed by atoms with Crippen LogP contribution in [-0.4, -0.2) is 38.7 Å². The number of nitrogens with zero attached hydrogens (tertiary/aromatic N) is 2. The Kier molecular flexibility index (Phi) is 4.66. The Hall–Kier alpha value is -3.68. The summed E-state index contributed by atoms with van der Waals surface area (Å²) in [4.78, 5) is 27.1. The number of nitrogen functional groups attached to an aromatic ring is 1. The second kappa shape index (κ2) is 7.06. The van der Waals surface area contributed by atoms with E-state index in [9.17, 15) is 9.59 Å². The van der Waals surface area contributed by atoms with Gasteiger partial charge in [0, 0.05) is 35.6 Å². The van der Waals surface area contributed by atoms with Crippen molar-refractivity contribution in [2.75, 3.05) is 6.54 Å². The van der Waals surface area contributed by atoms with E-state index < -0.39 is 5.97 Å². The fourth-order valence-electron chi connectivity index (χ4n) is 2.47. The fraction of sp³-hybridized carbons (Fsp3) is 0.111. The van der Waals surface area contributed by atoms with Gasteiger partial charge in [-0.05, 0) is 12.1 Å². The van der Waals surface area contributed by atoms with Crippen LogP contribution in [0.3, 0.4) is 0 Å². The Bertz CT molecular complexity index is 992. The van der Waals surface area contributed by atoms with E-state index in [1.54, 1.807) is 34.9 Å². The lowest BCUT2D eigenvalue weighted by Crippen LogP contribution is -2.26. The van der Waals surface area contributed by atoms with E-state index in [4.69, 9.17) is 16.2 Å². The van der Waals surface area contributed by atoms with Crippen LogP contribution in [0.15, 0.2) is 48.8 Å². The number of carbonyl (C=O) groups is 2. The molecule has 1 aromatic carbocycles. The Labute approximate surface area is 148 Å². The minimum Gasteiger partial charge on any atom is -0.481 e. The highest BCUT2D eigenvalue weighted by atomic mass is 16.4. The average Bonchev–Trinajstić information content (AvgIpc) is 3.04. The number of hydrogen-bond acceptors (Lipinski definition) is 4. The molecule has 0 spiro atoms. The van der Waals surface area contributed by atoms with Gasteiger partial charge in [0.25, 0.3) is 5.91 Å². The third-order valence-corrected chi connectivity index (χ3v) is 3.84. The molecule has 1 amide bonds. The van der Waals surface area contributed by atoms with Gasteiger partial charge in [-0.1, -0.05) is 24.3 Å². The standard InChI is InChI=1S/C18H17N5O3/c19-17(20)12-3-1-11(2-4-12)14-10-23-8-6-13(9-15(23)22-14)18(26)21-7-5-16(24)25/h1-4,6,8-10H,5,7H2,(H3,19,20)(H,21,26)(H,24,25). The zero-order valence-electron chi connectivity index (χ0n) is 13.8. The maximum absolute atomic E-state index is 12.1. The predicted molar refractivity (Wildman–Crippen MR) is 96.2 cm³/mol. The second-order valence-electron chi connectivity index (χ2n) is 5.70. The van der Waals surface area contributed by atoms with Gasteiger partial charge in [0.15, 0.2) is 0 Å². The maximum Gasteiger partial charge on any atom is 0.305 e. The largest absolute Gasteiger partial charge is 0.481 e. The SMILES string of the molecule is N=C(N)c1ccc(-c2cn3ccc(C(=O)NCCC(=O)O)cc3n2)cc1. The topological polar surface area (TPSA) is 134 Å². The number of pyridine rings is 1. The highest BCUT2D eigenvalue weighted by molar-refractivity contribution is 5.96. The van der Waals surface area contributed by atoms with Gasteiger partial charge in [-0.3, -0.25) is 15.0 Å². The number of aromatic nitrogens is 2. The summed E-state index contributed by atoms with van der Waals surface area (Å²) < 4.78 is 1.79. The summed E-state index contributed by atoms with van der Waals surface area (Å²) in [5.41, 5.74) is 8.69. The molecule has 0 saturated carbocycles. The smallest absolute Gasteiger partial charge is 0.305 e. The molecule has 0 saturated heterocycles. The van der Waals surface area contributed by atoms with Gasteiger partial charge in [-0.15, -0.1) is 0 Å². The quantitative estimate of drug-likeness (QED) is 0.394. The molecule has 3 aromatic rings. The molecule has 0 aliphatic rings. The van der Waals surface area contributed by atoms with Crippen molar-refractivity contribution >= 4 is 23.4 Å². The highest BCUT2D eigenvalue weighted by Crippen LogP contribution is 2.20. The third kappa shape index (κ3) is 3.69. The van der Waals surface area contributed by atoms with Crippen LogP contribution in [0.5, 0.6) is 0 Å². The van der Waals surface area contributed by atoms with Crippen molar-refractivity contribution in [3.63, 3.8) is 0 Å². The number of rotatable bonds is 6. The van der Waals surface area contributed by atoms with E-state index in [0.29, 0.717) is 16.8 Å². The number of amidine groups is 1.